The lowest BCUT2D eigenvalue weighted by molar-refractivity contribution is -0.136. The Bertz CT molecular complexity index is 991. The number of benzene rings is 3. The van der Waals surface area contributed by atoms with E-state index in [4.69, 9.17) is 4.74 Å². The molecule has 0 aliphatic rings. The molecule has 0 aromatic heterocycles. The first-order valence-corrected chi connectivity index (χ1v) is 9.54. The first-order valence-electron chi connectivity index (χ1n) is 9.54. The molecule has 5 heteroatoms. The number of hydrogen-bond acceptors (Lipinski definition) is 4. The number of allylic oxidation sites excluding steroid dienone is 1. The van der Waals surface area contributed by atoms with Crippen molar-refractivity contribution in [2.45, 2.75) is 12.0 Å². The van der Waals surface area contributed by atoms with Gasteiger partial charge in [-0.1, -0.05) is 66.7 Å². The van der Waals surface area contributed by atoms with Crippen LogP contribution in [0.25, 0.3) is 0 Å². The largest absolute Gasteiger partial charge is 0.496 e. The second-order valence-electron chi connectivity index (χ2n) is 6.71. The van der Waals surface area contributed by atoms with Gasteiger partial charge in [0, 0.05) is 0 Å². The van der Waals surface area contributed by atoms with E-state index >= 15 is 0 Å². The van der Waals surface area contributed by atoms with Gasteiger partial charge < -0.3 is 9.84 Å². The van der Waals surface area contributed by atoms with E-state index in [2.05, 4.69) is 17.1 Å². The summed E-state index contributed by atoms with van der Waals surface area (Å²) in [4.78, 5) is 13.0. The Kier molecular flexibility index (Phi) is 6.78. The Morgan fingerprint density at radius 1 is 1.07 bits per heavy atom. The third-order valence-electron chi connectivity index (χ3n) is 4.76. The van der Waals surface area contributed by atoms with Gasteiger partial charge in [0.1, 0.15) is 5.75 Å². The summed E-state index contributed by atoms with van der Waals surface area (Å²) in [5.41, 5.74) is 3.28. The summed E-state index contributed by atoms with van der Waals surface area (Å²) < 4.78 is 5.34. The standard InChI is InChI=1S/C25H24N2O3/c1-3-10-20-17-19(15-16-23(20)30-2)18-26-27-24(28)25(29,21-11-6-4-7-12-21)22-13-8-5-9-14-22/h3-9,11-18,29H,1,10H2,2H3,(H,27,28)/b26-18+. The topological polar surface area (TPSA) is 70.9 Å². The van der Waals surface area contributed by atoms with Crippen molar-refractivity contribution in [2.24, 2.45) is 5.10 Å². The molecule has 3 aromatic rings. The Morgan fingerprint density at radius 3 is 2.20 bits per heavy atom. The molecule has 5 nitrogen and oxygen atoms in total. The average Bonchev–Trinajstić information content (AvgIpc) is 2.80. The molecular formula is C25H24N2O3. The number of nitrogens with zero attached hydrogens (tertiary/aromatic N) is 1. The summed E-state index contributed by atoms with van der Waals surface area (Å²) in [7, 11) is 1.61. The highest BCUT2D eigenvalue weighted by molar-refractivity contribution is 5.91. The van der Waals surface area contributed by atoms with Gasteiger partial charge in [0.2, 0.25) is 0 Å². The highest BCUT2D eigenvalue weighted by atomic mass is 16.5. The normalized spacial score (nSPS) is 11.3. The van der Waals surface area contributed by atoms with Crippen LogP contribution in [0.4, 0.5) is 0 Å². The van der Waals surface area contributed by atoms with Gasteiger partial charge in [-0.15, -0.1) is 6.58 Å². The molecule has 0 spiro atoms. The van der Waals surface area contributed by atoms with Crippen molar-refractivity contribution in [3.63, 3.8) is 0 Å². The van der Waals surface area contributed by atoms with Gasteiger partial charge >= 0.3 is 0 Å². The first kappa shape index (κ1) is 21.0. The third-order valence-corrected chi connectivity index (χ3v) is 4.76. The Labute approximate surface area is 176 Å². The number of ether oxygens (including phenoxy) is 1. The second kappa shape index (κ2) is 9.67. The third kappa shape index (κ3) is 4.47. The predicted octanol–water partition coefficient (Wildman–Crippen LogP) is 3.81. The van der Waals surface area contributed by atoms with Gasteiger partial charge in [0.05, 0.1) is 13.3 Å². The van der Waals surface area contributed by atoms with Crippen LogP contribution in [0.2, 0.25) is 0 Å². The summed E-state index contributed by atoms with van der Waals surface area (Å²) in [5.74, 6) is 0.120. The fraction of sp³-hybridized carbons (Fsp3) is 0.120. The number of amides is 1. The summed E-state index contributed by atoms with van der Waals surface area (Å²) >= 11 is 0. The van der Waals surface area contributed by atoms with Gasteiger partial charge in [0.25, 0.3) is 5.91 Å². The number of carbonyl (C=O) groups is 1. The van der Waals surface area contributed by atoms with Crippen LogP contribution in [0.15, 0.2) is 96.6 Å². The molecule has 1 amide bonds. The summed E-state index contributed by atoms with van der Waals surface area (Å²) in [5, 5.41) is 15.5. The summed E-state index contributed by atoms with van der Waals surface area (Å²) in [6.07, 6.45) is 3.97. The number of hydrogen-bond donors (Lipinski definition) is 2. The maximum Gasteiger partial charge on any atom is 0.281 e. The minimum absolute atomic E-state index is 0.460. The number of rotatable bonds is 8. The van der Waals surface area contributed by atoms with Crippen molar-refractivity contribution < 1.29 is 14.6 Å². The first-order chi connectivity index (χ1) is 14.6. The van der Waals surface area contributed by atoms with Crippen molar-refractivity contribution in [3.05, 3.63) is 114 Å². The SMILES string of the molecule is C=CCc1cc(/C=N/NC(=O)C(O)(c2ccccc2)c2ccccc2)ccc1OC. The Hall–Kier alpha value is -3.70. The van der Waals surface area contributed by atoms with Gasteiger partial charge in [-0.05, 0) is 46.9 Å². The maximum absolute atomic E-state index is 13.0. The fourth-order valence-electron chi connectivity index (χ4n) is 3.23. The maximum atomic E-state index is 13.0. The Balaban J connectivity index is 1.85. The van der Waals surface area contributed by atoms with Crippen molar-refractivity contribution in [1.82, 2.24) is 5.43 Å². The van der Waals surface area contributed by atoms with E-state index in [-0.39, 0.29) is 0 Å². The van der Waals surface area contributed by atoms with Crippen molar-refractivity contribution in [3.8, 4) is 5.75 Å². The molecule has 0 atom stereocenters. The smallest absolute Gasteiger partial charge is 0.281 e. The van der Waals surface area contributed by atoms with Crippen molar-refractivity contribution in [2.75, 3.05) is 7.11 Å². The summed E-state index contributed by atoms with van der Waals surface area (Å²) in [6.45, 7) is 3.76. The lowest BCUT2D eigenvalue weighted by Crippen LogP contribution is -2.43. The number of methoxy groups -OCH3 is 1. The molecule has 2 N–H and O–H groups in total. The molecule has 0 heterocycles. The van der Waals surface area contributed by atoms with E-state index < -0.39 is 11.5 Å². The number of nitrogens with one attached hydrogen (secondary N) is 1. The van der Waals surface area contributed by atoms with E-state index in [1.54, 1.807) is 61.7 Å². The van der Waals surface area contributed by atoms with Gasteiger partial charge in [-0.3, -0.25) is 4.79 Å². The number of carbonyl (C=O) groups excluding carboxylic acids is 1. The molecule has 0 bridgehead atoms. The van der Waals surface area contributed by atoms with Crippen LogP contribution in [0.1, 0.15) is 22.3 Å². The zero-order valence-corrected chi connectivity index (χ0v) is 16.8. The molecule has 0 fully saturated rings. The zero-order valence-electron chi connectivity index (χ0n) is 16.8. The van der Waals surface area contributed by atoms with Crippen molar-refractivity contribution >= 4 is 12.1 Å². The van der Waals surface area contributed by atoms with Crippen LogP contribution in [-0.2, 0) is 16.8 Å². The van der Waals surface area contributed by atoms with Crippen LogP contribution >= 0.6 is 0 Å². The van der Waals surface area contributed by atoms with Gasteiger partial charge in [-0.2, -0.15) is 5.10 Å². The molecule has 0 radical (unpaired) electrons. The van der Waals surface area contributed by atoms with E-state index in [1.165, 1.54) is 6.21 Å². The minimum atomic E-state index is -1.87. The quantitative estimate of drug-likeness (QED) is 0.343. The van der Waals surface area contributed by atoms with Gasteiger partial charge in [-0.25, -0.2) is 5.43 Å². The lowest BCUT2D eigenvalue weighted by Gasteiger charge is -2.27. The lowest BCUT2D eigenvalue weighted by atomic mass is 9.85. The molecule has 0 aliphatic carbocycles. The van der Waals surface area contributed by atoms with Crippen LogP contribution in [-0.4, -0.2) is 24.3 Å². The zero-order chi connectivity index (χ0) is 21.4. The van der Waals surface area contributed by atoms with Crippen LogP contribution in [0, 0.1) is 0 Å². The highest BCUT2D eigenvalue weighted by Crippen LogP contribution is 2.29. The fourth-order valence-corrected chi connectivity index (χ4v) is 3.23. The molecular weight excluding hydrogens is 376 g/mol. The monoisotopic (exact) mass is 400 g/mol. The van der Waals surface area contributed by atoms with E-state index in [1.807, 2.05) is 30.3 Å². The van der Waals surface area contributed by atoms with Crippen molar-refractivity contribution in [1.29, 1.82) is 0 Å². The molecule has 152 valence electrons. The average molecular weight is 400 g/mol. The number of aliphatic hydroxyl groups is 1. The molecule has 30 heavy (non-hydrogen) atoms. The van der Waals surface area contributed by atoms with E-state index in [0.717, 1.165) is 16.9 Å². The van der Waals surface area contributed by atoms with Gasteiger partial charge in [0.15, 0.2) is 5.60 Å². The molecule has 3 aromatic carbocycles. The van der Waals surface area contributed by atoms with E-state index in [9.17, 15) is 9.90 Å². The molecule has 0 saturated carbocycles. The van der Waals surface area contributed by atoms with Crippen LogP contribution in [0.3, 0.4) is 0 Å². The predicted molar refractivity (Wildman–Crippen MR) is 119 cm³/mol. The molecule has 0 saturated heterocycles. The molecule has 3 rings (SSSR count). The second-order valence-corrected chi connectivity index (χ2v) is 6.71. The Morgan fingerprint density at radius 2 is 1.67 bits per heavy atom. The molecule has 0 aliphatic heterocycles. The van der Waals surface area contributed by atoms with Crippen LogP contribution in [0.5, 0.6) is 5.75 Å². The minimum Gasteiger partial charge on any atom is -0.496 e. The molecule has 0 unspecified atom stereocenters. The summed E-state index contributed by atoms with van der Waals surface area (Å²) in [6, 6.07) is 23.2. The highest BCUT2D eigenvalue weighted by Gasteiger charge is 2.39. The van der Waals surface area contributed by atoms with Crippen LogP contribution < -0.4 is 10.2 Å². The van der Waals surface area contributed by atoms with E-state index in [0.29, 0.717) is 17.5 Å². The number of hydrazone groups is 1.